The van der Waals surface area contributed by atoms with Gasteiger partial charge in [0.05, 0.1) is 18.5 Å². The first-order chi connectivity index (χ1) is 9.28. The molecule has 0 aliphatic heterocycles. The molecule has 1 aliphatic rings. The fraction of sp³-hybridized carbons (Fsp3) is 0.357. The van der Waals surface area contributed by atoms with Crippen molar-refractivity contribution in [3.63, 3.8) is 0 Å². The van der Waals surface area contributed by atoms with E-state index in [0.29, 0.717) is 17.9 Å². The number of allylic oxidation sites excluding steroid dienone is 2. The number of carbonyl (C=O) groups is 1. The predicted molar refractivity (Wildman–Crippen MR) is 70.8 cm³/mol. The fourth-order valence-electron chi connectivity index (χ4n) is 2.27. The monoisotopic (exact) mass is 257 g/mol. The van der Waals surface area contributed by atoms with Crippen LogP contribution in [-0.4, -0.2) is 26.9 Å². The van der Waals surface area contributed by atoms with E-state index in [4.69, 9.17) is 4.74 Å². The molecule has 5 nitrogen and oxygen atoms in total. The number of fused-ring (bicyclic) bond motifs is 1. The number of carbonyl (C=O) groups excluding carboxylic acids is 1. The summed E-state index contributed by atoms with van der Waals surface area (Å²) in [6.07, 6.45) is 10.9. The third-order valence-corrected chi connectivity index (χ3v) is 3.20. The maximum absolute atomic E-state index is 11.6. The molecule has 0 N–H and O–H groups in total. The van der Waals surface area contributed by atoms with Crippen LogP contribution in [0.5, 0.6) is 0 Å². The number of aromatic nitrogens is 3. The number of hydrogen-bond donors (Lipinski definition) is 0. The first-order valence-electron chi connectivity index (χ1n) is 6.49. The zero-order valence-electron chi connectivity index (χ0n) is 10.8. The van der Waals surface area contributed by atoms with Crippen LogP contribution in [0.2, 0.25) is 0 Å². The Morgan fingerprint density at radius 1 is 1.47 bits per heavy atom. The Morgan fingerprint density at radius 3 is 3.11 bits per heavy atom. The first kappa shape index (κ1) is 11.9. The van der Waals surface area contributed by atoms with Crippen molar-refractivity contribution in [1.82, 2.24) is 14.4 Å². The van der Waals surface area contributed by atoms with Crippen molar-refractivity contribution in [2.45, 2.75) is 26.2 Å². The van der Waals surface area contributed by atoms with E-state index in [1.165, 1.54) is 12.0 Å². The van der Waals surface area contributed by atoms with Crippen LogP contribution in [0.4, 0.5) is 0 Å². The highest BCUT2D eigenvalue weighted by molar-refractivity contribution is 5.87. The van der Waals surface area contributed by atoms with E-state index in [1.807, 2.05) is 10.6 Å². The van der Waals surface area contributed by atoms with Crippen molar-refractivity contribution in [2.75, 3.05) is 6.61 Å². The molecule has 3 rings (SSSR count). The lowest BCUT2D eigenvalue weighted by Gasteiger charge is -2.01. The van der Waals surface area contributed by atoms with Gasteiger partial charge in [0.15, 0.2) is 11.3 Å². The van der Waals surface area contributed by atoms with Gasteiger partial charge in [0, 0.05) is 12.4 Å². The van der Waals surface area contributed by atoms with Crippen LogP contribution >= 0.6 is 0 Å². The van der Waals surface area contributed by atoms with Crippen molar-refractivity contribution in [3.8, 4) is 0 Å². The summed E-state index contributed by atoms with van der Waals surface area (Å²) in [6.45, 7) is 2.13. The Bertz CT molecular complexity index is 658. The molecule has 2 aromatic rings. The number of esters is 1. The van der Waals surface area contributed by atoms with Crippen LogP contribution in [0.3, 0.4) is 0 Å². The first-order valence-corrected chi connectivity index (χ1v) is 6.49. The third-order valence-electron chi connectivity index (χ3n) is 3.20. The zero-order chi connectivity index (χ0) is 13.2. The maximum atomic E-state index is 11.6. The molecule has 2 aromatic heterocycles. The minimum atomic E-state index is -0.396. The van der Waals surface area contributed by atoms with Crippen LogP contribution in [0.1, 0.15) is 42.4 Å². The second-order valence-electron chi connectivity index (χ2n) is 4.51. The average Bonchev–Trinajstić information content (AvgIpc) is 3.07. The van der Waals surface area contributed by atoms with E-state index in [2.05, 4.69) is 16.0 Å². The Kier molecular flexibility index (Phi) is 3.03. The summed E-state index contributed by atoms with van der Waals surface area (Å²) in [5, 5.41) is 0. The van der Waals surface area contributed by atoms with Gasteiger partial charge in [-0.3, -0.25) is 4.98 Å². The molecule has 1 aliphatic carbocycles. The van der Waals surface area contributed by atoms with Gasteiger partial charge < -0.3 is 9.14 Å². The summed E-state index contributed by atoms with van der Waals surface area (Å²) in [5.41, 5.74) is 3.21. The van der Waals surface area contributed by atoms with Crippen molar-refractivity contribution >= 4 is 17.2 Å². The molecule has 0 unspecified atom stereocenters. The van der Waals surface area contributed by atoms with Gasteiger partial charge in [-0.05, 0) is 31.8 Å². The molecule has 5 heteroatoms. The maximum Gasteiger partial charge on any atom is 0.358 e. The molecular weight excluding hydrogens is 242 g/mol. The summed E-state index contributed by atoms with van der Waals surface area (Å²) in [5.74, 6) is -0.396. The highest BCUT2D eigenvalue weighted by Crippen LogP contribution is 2.26. The van der Waals surface area contributed by atoms with Crippen LogP contribution in [-0.2, 0) is 4.74 Å². The molecule has 0 bridgehead atoms. The highest BCUT2D eigenvalue weighted by atomic mass is 16.5. The summed E-state index contributed by atoms with van der Waals surface area (Å²) in [6, 6.07) is 0. The Balaban J connectivity index is 1.97. The van der Waals surface area contributed by atoms with Gasteiger partial charge in [-0.25, -0.2) is 9.78 Å². The van der Waals surface area contributed by atoms with Crippen molar-refractivity contribution in [2.24, 2.45) is 0 Å². The van der Waals surface area contributed by atoms with Gasteiger partial charge in [-0.15, -0.1) is 0 Å². The third kappa shape index (κ3) is 2.23. The van der Waals surface area contributed by atoms with Crippen LogP contribution in [0, 0.1) is 0 Å². The van der Waals surface area contributed by atoms with Crippen LogP contribution < -0.4 is 0 Å². The number of rotatable bonds is 3. The summed E-state index contributed by atoms with van der Waals surface area (Å²) < 4.78 is 6.77. The summed E-state index contributed by atoms with van der Waals surface area (Å²) >= 11 is 0. The van der Waals surface area contributed by atoms with Gasteiger partial charge in [0.1, 0.15) is 0 Å². The van der Waals surface area contributed by atoms with E-state index < -0.39 is 5.97 Å². The molecule has 0 radical (unpaired) electrons. The molecule has 19 heavy (non-hydrogen) atoms. The molecule has 0 fully saturated rings. The van der Waals surface area contributed by atoms with E-state index in [1.54, 1.807) is 19.3 Å². The number of nitrogens with zero attached hydrogens (tertiary/aromatic N) is 3. The van der Waals surface area contributed by atoms with Crippen LogP contribution in [0.25, 0.3) is 11.2 Å². The average molecular weight is 257 g/mol. The lowest BCUT2D eigenvalue weighted by atomic mass is 10.2. The SMILES string of the molecule is CCOC(=O)c1cn2cc(C3=CCCC3)ncc2n1. The van der Waals surface area contributed by atoms with E-state index >= 15 is 0 Å². The highest BCUT2D eigenvalue weighted by Gasteiger charge is 2.14. The van der Waals surface area contributed by atoms with E-state index in [9.17, 15) is 4.79 Å². The summed E-state index contributed by atoms with van der Waals surface area (Å²) in [4.78, 5) is 20.2. The van der Waals surface area contributed by atoms with Gasteiger partial charge in [0.25, 0.3) is 0 Å². The number of imidazole rings is 1. The molecule has 0 saturated carbocycles. The minimum Gasteiger partial charge on any atom is -0.461 e. The number of ether oxygens (including phenoxy) is 1. The van der Waals surface area contributed by atoms with Crippen molar-refractivity contribution in [1.29, 1.82) is 0 Å². The lowest BCUT2D eigenvalue weighted by Crippen LogP contribution is -2.04. The molecule has 98 valence electrons. The van der Waals surface area contributed by atoms with Gasteiger partial charge in [-0.2, -0.15) is 0 Å². The zero-order valence-corrected chi connectivity index (χ0v) is 10.8. The Morgan fingerprint density at radius 2 is 2.37 bits per heavy atom. The molecule has 0 aromatic carbocycles. The minimum absolute atomic E-state index is 0.321. The normalized spacial score (nSPS) is 14.7. The Hall–Kier alpha value is -2.17. The van der Waals surface area contributed by atoms with Crippen molar-refractivity contribution < 1.29 is 9.53 Å². The second-order valence-corrected chi connectivity index (χ2v) is 4.51. The predicted octanol–water partition coefficient (Wildman–Crippen LogP) is 2.47. The van der Waals surface area contributed by atoms with E-state index in [0.717, 1.165) is 18.5 Å². The van der Waals surface area contributed by atoms with Gasteiger partial charge in [-0.1, -0.05) is 6.08 Å². The summed E-state index contributed by atoms with van der Waals surface area (Å²) in [7, 11) is 0. The topological polar surface area (TPSA) is 56.5 Å². The standard InChI is InChI=1S/C14H15N3O2/c1-2-19-14(18)12-9-17-8-11(10-5-3-4-6-10)15-7-13(17)16-12/h5,7-9H,2-4,6H2,1H3. The lowest BCUT2D eigenvalue weighted by molar-refractivity contribution is 0.0520. The molecule has 0 saturated heterocycles. The van der Waals surface area contributed by atoms with Gasteiger partial charge in [0.2, 0.25) is 0 Å². The van der Waals surface area contributed by atoms with Crippen LogP contribution in [0.15, 0.2) is 24.7 Å². The smallest absolute Gasteiger partial charge is 0.358 e. The molecule has 2 heterocycles. The molecule has 0 atom stereocenters. The fourth-order valence-corrected chi connectivity index (χ4v) is 2.27. The molecule has 0 spiro atoms. The molecular formula is C14H15N3O2. The van der Waals surface area contributed by atoms with Crippen molar-refractivity contribution in [3.05, 3.63) is 36.1 Å². The van der Waals surface area contributed by atoms with Gasteiger partial charge >= 0.3 is 5.97 Å². The van der Waals surface area contributed by atoms with E-state index in [-0.39, 0.29) is 0 Å². The Labute approximate surface area is 110 Å². The largest absolute Gasteiger partial charge is 0.461 e. The quantitative estimate of drug-likeness (QED) is 0.793. The second kappa shape index (κ2) is 4.84. The number of hydrogen-bond acceptors (Lipinski definition) is 4. The molecule has 0 amide bonds.